The van der Waals surface area contributed by atoms with Crippen molar-refractivity contribution in [1.29, 1.82) is 0 Å². The van der Waals surface area contributed by atoms with Crippen LogP contribution in [0.3, 0.4) is 0 Å². The molecule has 1 saturated heterocycles. The fourth-order valence-electron chi connectivity index (χ4n) is 3.18. The lowest BCUT2D eigenvalue weighted by Crippen LogP contribution is -2.40. The first kappa shape index (κ1) is 20.6. The normalized spacial score (nSPS) is 14.0. The molecule has 0 aliphatic carbocycles. The number of phenolic OH excluding ortho intramolecular Hbond substituents is 1. The molecule has 1 aliphatic rings. The minimum Gasteiger partial charge on any atom is -0.507 e. The number of nitrogens with one attached hydrogen (secondary N) is 1. The summed E-state index contributed by atoms with van der Waals surface area (Å²) in [6, 6.07) is 9.10. The standard InChI is InChI=1S/C21H22N4O3S2/c1-13-9-14(2)23-18(10-13)24-21-22-12-19(30-21)29-15-3-4-17(26)16(11-15)20(27)25-5-7-28-8-6-25/h3-4,9-12,26H,5-8H2,1-2H3,(H,22,23,24). The summed E-state index contributed by atoms with van der Waals surface area (Å²) in [6.07, 6.45) is 1.79. The zero-order chi connectivity index (χ0) is 21.1. The number of ether oxygens (including phenoxy) is 1. The summed E-state index contributed by atoms with van der Waals surface area (Å²) < 4.78 is 6.27. The Morgan fingerprint density at radius 1 is 1.23 bits per heavy atom. The summed E-state index contributed by atoms with van der Waals surface area (Å²) in [5.74, 6) is 0.579. The van der Waals surface area contributed by atoms with Gasteiger partial charge in [0.1, 0.15) is 11.6 Å². The average Bonchev–Trinajstić information content (AvgIpc) is 3.15. The van der Waals surface area contributed by atoms with Crippen molar-refractivity contribution in [1.82, 2.24) is 14.9 Å². The van der Waals surface area contributed by atoms with Gasteiger partial charge in [-0.2, -0.15) is 0 Å². The number of carbonyl (C=O) groups excluding carboxylic acids is 1. The predicted molar refractivity (Wildman–Crippen MR) is 118 cm³/mol. The van der Waals surface area contributed by atoms with Crippen LogP contribution in [-0.4, -0.2) is 52.2 Å². The van der Waals surface area contributed by atoms with Crippen LogP contribution in [0.4, 0.5) is 10.9 Å². The summed E-state index contributed by atoms with van der Waals surface area (Å²) in [5.41, 5.74) is 2.40. The quantitative estimate of drug-likeness (QED) is 0.611. The molecular formula is C21H22N4O3S2. The van der Waals surface area contributed by atoms with Gasteiger partial charge >= 0.3 is 0 Å². The zero-order valence-electron chi connectivity index (χ0n) is 16.7. The van der Waals surface area contributed by atoms with E-state index in [1.165, 1.54) is 23.1 Å². The molecule has 3 aromatic rings. The molecule has 1 aromatic carbocycles. The number of thiazole rings is 1. The van der Waals surface area contributed by atoms with Gasteiger partial charge < -0.3 is 20.1 Å². The maximum atomic E-state index is 12.8. The third kappa shape index (κ3) is 4.92. The van der Waals surface area contributed by atoms with Gasteiger partial charge in [-0.25, -0.2) is 9.97 Å². The summed E-state index contributed by atoms with van der Waals surface area (Å²) in [6.45, 7) is 6.10. The third-order valence-corrected chi connectivity index (χ3v) is 6.54. The van der Waals surface area contributed by atoms with Crippen LogP contribution < -0.4 is 5.32 Å². The molecule has 1 fully saturated rings. The summed E-state index contributed by atoms with van der Waals surface area (Å²) in [5, 5.41) is 14.2. The van der Waals surface area contributed by atoms with Crippen LogP contribution in [-0.2, 0) is 4.74 Å². The Morgan fingerprint density at radius 2 is 2.03 bits per heavy atom. The topological polar surface area (TPSA) is 87.6 Å². The van der Waals surface area contributed by atoms with Crippen molar-refractivity contribution in [2.75, 3.05) is 31.6 Å². The van der Waals surface area contributed by atoms with E-state index >= 15 is 0 Å². The minimum absolute atomic E-state index is 0.0107. The molecule has 9 heteroatoms. The number of morpholine rings is 1. The van der Waals surface area contributed by atoms with Crippen LogP contribution >= 0.6 is 23.1 Å². The van der Waals surface area contributed by atoms with Crippen molar-refractivity contribution in [3.05, 3.63) is 53.3 Å². The minimum atomic E-state index is -0.175. The van der Waals surface area contributed by atoms with Crippen molar-refractivity contribution < 1.29 is 14.6 Å². The fraction of sp³-hybridized carbons (Fsp3) is 0.286. The number of carbonyl (C=O) groups is 1. The molecule has 1 aliphatic heterocycles. The SMILES string of the molecule is Cc1cc(C)nc(Nc2ncc(Sc3ccc(O)c(C(=O)N4CCOCC4)c3)s2)c1. The first-order chi connectivity index (χ1) is 14.5. The Morgan fingerprint density at radius 3 is 2.80 bits per heavy atom. The van der Waals surface area contributed by atoms with E-state index in [2.05, 4.69) is 15.3 Å². The van der Waals surface area contributed by atoms with Crippen LogP contribution in [0.5, 0.6) is 5.75 Å². The Labute approximate surface area is 183 Å². The molecule has 30 heavy (non-hydrogen) atoms. The van der Waals surface area contributed by atoms with Gasteiger partial charge in [0.2, 0.25) is 0 Å². The Balaban J connectivity index is 1.47. The number of aromatic nitrogens is 2. The Bertz CT molecular complexity index is 1040. The molecule has 1 amide bonds. The zero-order valence-corrected chi connectivity index (χ0v) is 18.3. The number of hydrogen-bond acceptors (Lipinski definition) is 8. The second kappa shape index (κ2) is 9.03. The lowest BCUT2D eigenvalue weighted by atomic mass is 10.1. The van der Waals surface area contributed by atoms with E-state index in [9.17, 15) is 9.90 Å². The maximum absolute atomic E-state index is 12.8. The van der Waals surface area contributed by atoms with Crippen molar-refractivity contribution in [2.45, 2.75) is 23.0 Å². The highest BCUT2D eigenvalue weighted by atomic mass is 32.2. The number of hydrogen-bond donors (Lipinski definition) is 2. The first-order valence-corrected chi connectivity index (χ1v) is 11.2. The molecule has 0 unspecified atom stereocenters. The Kier molecular flexibility index (Phi) is 6.21. The number of aromatic hydroxyl groups is 1. The molecule has 7 nitrogen and oxygen atoms in total. The highest BCUT2D eigenvalue weighted by molar-refractivity contribution is 8.01. The number of nitrogens with zero attached hydrogens (tertiary/aromatic N) is 3. The van der Waals surface area contributed by atoms with E-state index in [1.807, 2.05) is 26.0 Å². The summed E-state index contributed by atoms with van der Waals surface area (Å²) in [4.78, 5) is 24.2. The maximum Gasteiger partial charge on any atom is 0.257 e. The van der Waals surface area contributed by atoms with Crippen LogP contribution in [0, 0.1) is 13.8 Å². The van der Waals surface area contributed by atoms with Crippen LogP contribution in [0.2, 0.25) is 0 Å². The summed E-state index contributed by atoms with van der Waals surface area (Å²) in [7, 11) is 0. The molecule has 4 rings (SSSR count). The molecule has 156 valence electrons. The molecule has 0 bridgehead atoms. The lowest BCUT2D eigenvalue weighted by Gasteiger charge is -2.27. The van der Waals surface area contributed by atoms with Crippen molar-refractivity contribution in [3.8, 4) is 5.75 Å². The van der Waals surface area contributed by atoms with Gasteiger partial charge in [0.15, 0.2) is 5.13 Å². The van der Waals surface area contributed by atoms with Crippen molar-refractivity contribution >= 4 is 40.0 Å². The van der Waals surface area contributed by atoms with Gasteiger partial charge in [0.05, 0.1) is 29.2 Å². The average molecular weight is 443 g/mol. The third-order valence-electron chi connectivity index (χ3n) is 4.53. The van der Waals surface area contributed by atoms with E-state index in [0.717, 1.165) is 31.3 Å². The number of rotatable bonds is 5. The predicted octanol–water partition coefficient (Wildman–Crippen LogP) is 4.23. The molecule has 2 aromatic heterocycles. The van der Waals surface area contributed by atoms with Gasteiger partial charge in [0, 0.05) is 23.7 Å². The fourth-order valence-corrected chi connectivity index (χ4v) is 5.08. The molecule has 3 heterocycles. The van der Waals surface area contributed by atoms with Gasteiger partial charge in [-0.1, -0.05) is 23.1 Å². The van der Waals surface area contributed by atoms with Crippen LogP contribution in [0.25, 0.3) is 0 Å². The highest BCUT2D eigenvalue weighted by Crippen LogP contribution is 2.36. The smallest absolute Gasteiger partial charge is 0.257 e. The van der Waals surface area contributed by atoms with Crippen molar-refractivity contribution in [2.24, 2.45) is 0 Å². The number of aryl methyl sites for hydroxylation is 2. The van der Waals surface area contributed by atoms with E-state index in [0.29, 0.717) is 31.9 Å². The van der Waals surface area contributed by atoms with Gasteiger partial charge in [-0.3, -0.25) is 4.79 Å². The van der Waals surface area contributed by atoms with E-state index in [-0.39, 0.29) is 11.7 Å². The van der Waals surface area contributed by atoms with Crippen molar-refractivity contribution in [3.63, 3.8) is 0 Å². The van der Waals surface area contributed by atoms with Gasteiger partial charge in [0.25, 0.3) is 5.91 Å². The number of pyridine rings is 1. The van der Waals surface area contributed by atoms with E-state index in [1.54, 1.807) is 29.3 Å². The number of phenols is 1. The molecule has 0 saturated carbocycles. The summed E-state index contributed by atoms with van der Waals surface area (Å²) >= 11 is 3.01. The monoisotopic (exact) mass is 442 g/mol. The molecule has 0 spiro atoms. The number of benzene rings is 1. The largest absolute Gasteiger partial charge is 0.507 e. The van der Waals surface area contributed by atoms with Crippen LogP contribution in [0.1, 0.15) is 21.6 Å². The molecule has 0 radical (unpaired) electrons. The van der Waals surface area contributed by atoms with Crippen LogP contribution in [0.15, 0.2) is 45.6 Å². The van der Waals surface area contributed by atoms with E-state index < -0.39 is 0 Å². The van der Waals surface area contributed by atoms with Gasteiger partial charge in [-0.05, 0) is 49.7 Å². The second-order valence-electron chi connectivity index (χ2n) is 6.97. The lowest BCUT2D eigenvalue weighted by molar-refractivity contribution is 0.0301. The molecule has 0 atom stereocenters. The first-order valence-electron chi connectivity index (χ1n) is 9.54. The molecule has 2 N–H and O–H groups in total. The Hall–Kier alpha value is -2.62. The number of anilines is 2. The molecular weight excluding hydrogens is 420 g/mol. The van der Waals surface area contributed by atoms with Gasteiger partial charge in [-0.15, -0.1) is 0 Å². The highest BCUT2D eigenvalue weighted by Gasteiger charge is 2.21. The second-order valence-corrected chi connectivity index (χ2v) is 9.37. The number of amides is 1. The van der Waals surface area contributed by atoms with E-state index in [4.69, 9.17) is 4.74 Å².